The van der Waals surface area contributed by atoms with Crippen LogP contribution in [0.25, 0.3) is 0 Å². The molecule has 1 saturated heterocycles. The summed E-state index contributed by atoms with van der Waals surface area (Å²) < 4.78 is 0. The summed E-state index contributed by atoms with van der Waals surface area (Å²) in [6, 6.07) is -0.122. The highest BCUT2D eigenvalue weighted by molar-refractivity contribution is 5.74. The number of hydrogen-bond acceptors (Lipinski definition) is 5. The zero-order valence-corrected chi connectivity index (χ0v) is 12.8. The minimum Gasteiger partial charge on any atom is -0.393 e. The number of rotatable bonds is 4. The number of H-pyrrole nitrogens is 1. The van der Waals surface area contributed by atoms with Crippen LogP contribution in [0.2, 0.25) is 0 Å². The van der Waals surface area contributed by atoms with E-state index in [1.165, 1.54) is 0 Å². The number of amides is 2. The molecular weight excluding hydrogens is 272 g/mol. The smallest absolute Gasteiger partial charge is 0.317 e. The van der Waals surface area contributed by atoms with Crippen LogP contribution in [-0.2, 0) is 6.54 Å². The van der Waals surface area contributed by atoms with Crippen molar-refractivity contribution in [3.63, 3.8) is 0 Å². The van der Waals surface area contributed by atoms with Crippen LogP contribution in [-0.4, -0.2) is 64.5 Å². The maximum Gasteiger partial charge on any atom is 0.317 e. The van der Waals surface area contributed by atoms with E-state index < -0.39 is 0 Å². The van der Waals surface area contributed by atoms with Gasteiger partial charge in [0.15, 0.2) is 0 Å². The quantitative estimate of drug-likeness (QED) is 0.736. The number of piperidine rings is 1. The molecule has 3 N–H and O–H groups in total. The summed E-state index contributed by atoms with van der Waals surface area (Å²) in [4.78, 5) is 19.9. The number of aromatic amines is 1. The molecule has 0 saturated carbocycles. The number of aromatic nitrogens is 3. The van der Waals surface area contributed by atoms with Gasteiger partial charge in [-0.2, -0.15) is 4.98 Å². The van der Waals surface area contributed by atoms with Gasteiger partial charge in [0.1, 0.15) is 5.82 Å². The zero-order chi connectivity index (χ0) is 15.4. The molecule has 1 aromatic heterocycles. The molecule has 0 spiro atoms. The predicted molar refractivity (Wildman–Crippen MR) is 78.9 cm³/mol. The zero-order valence-electron chi connectivity index (χ0n) is 12.8. The first kappa shape index (κ1) is 15.6. The molecule has 1 aliphatic heterocycles. The Hall–Kier alpha value is -1.83. The Bertz CT molecular complexity index is 473. The van der Waals surface area contributed by atoms with E-state index in [4.69, 9.17) is 0 Å². The van der Waals surface area contributed by atoms with Crippen molar-refractivity contribution in [2.45, 2.75) is 32.4 Å². The standard InChI is InChI=1S/C13H24N6O2/c1-9(20)10-5-4-6-19(8-10)13(21)14-7-11-15-12(17-16-11)18(2)3/h9-10,20H,4-8H2,1-3H3,(H,14,21)(H,15,16,17). The lowest BCUT2D eigenvalue weighted by Gasteiger charge is -2.34. The second-order valence-electron chi connectivity index (χ2n) is 5.72. The van der Waals surface area contributed by atoms with Crippen molar-refractivity contribution in [3.05, 3.63) is 5.82 Å². The number of anilines is 1. The summed E-state index contributed by atoms with van der Waals surface area (Å²) >= 11 is 0. The molecule has 1 fully saturated rings. The molecule has 1 aromatic rings. The van der Waals surface area contributed by atoms with Crippen LogP contribution in [0, 0.1) is 5.92 Å². The summed E-state index contributed by atoms with van der Waals surface area (Å²) in [5.74, 6) is 1.37. The molecule has 21 heavy (non-hydrogen) atoms. The molecule has 2 atom stereocenters. The van der Waals surface area contributed by atoms with E-state index in [2.05, 4.69) is 20.5 Å². The van der Waals surface area contributed by atoms with Gasteiger partial charge < -0.3 is 20.2 Å². The summed E-state index contributed by atoms with van der Waals surface area (Å²) in [6.07, 6.45) is 1.52. The fourth-order valence-corrected chi connectivity index (χ4v) is 2.42. The van der Waals surface area contributed by atoms with Crippen LogP contribution >= 0.6 is 0 Å². The highest BCUT2D eigenvalue weighted by Gasteiger charge is 2.26. The second kappa shape index (κ2) is 6.75. The predicted octanol–water partition coefficient (Wildman–Crippen LogP) is 0.173. The molecule has 118 valence electrons. The molecule has 8 heteroatoms. The molecule has 0 radical (unpaired) electrons. The summed E-state index contributed by atoms with van der Waals surface area (Å²) in [6.45, 7) is 3.43. The molecule has 2 unspecified atom stereocenters. The Labute approximate surface area is 124 Å². The SMILES string of the molecule is CC(O)C1CCCN(C(=O)NCc2nc(N(C)C)n[nH]2)C1. The maximum absolute atomic E-state index is 12.1. The first-order valence-electron chi connectivity index (χ1n) is 7.27. The lowest BCUT2D eigenvalue weighted by molar-refractivity contribution is 0.0738. The monoisotopic (exact) mass is 296 g/mol. The van der Waals surface area contributed by atoms with E-state index in [1.807, 2.05) is 14.1 Å². The number of hydrogen-bond donors (Lipinski definition) is 3. The second-order valence-corrected chi connectivity index (χ2v) is 5.72. The normalized spacial score (nSPS) is 20.2. The highest BCUT2D eigenvalue weighted by Crippen LogP contribution is 2.19. The summed E-state index contributed by atoms with van der Waals surface area (Å²) in [5.41, 5.74) is 0. The van der Waals surface area contributed by atoms with Crippen molar-refractivity contribution in [1.82, 2.24) is 25.4 Å². The average molecular weight is 296 g/mol. The Balaban J connectivity index is 1.83. The minimum absolute atomic E-state index is 0.122. The van der Waals surface area contributed by atoms with E-state index in [1.54, 1.807) is 16.7 Å². The number of urea groups is 1. The number of likely N-dealkylation sites (tertiary alicyclic amines) is 1. The van der Waals surface area contributed by atoms with Crippen LogP contribution in [0.1, 0.15) is 25.6 Å². The van der Waals surface area contributed by atoms with Crippen LogP contribution in [0.3, 0.4) is 0 Å². The van der Waals surface area contributed by atoms with Crippen molar-refractivity contribution < 1.29 is 9.90 Å². The van der Waals surface area contributed by atoms with Gasteiger partial charge in [-0.15, -0.1) is 5.10 Å². The Morgan fingerprint density at radius 2 is 2.38 bits per heavy atom. The van der Waals surface area contributed by atoms with E-state index in [9.17, 15) is 9.90 Å². The highest BCUT2D eigenvalue weighted by atomic mass is 16.3. The van der Waals surface area contributed by atoms with Gasteiger partial charge in [-0.05, 0) is 19.8 Å². The fraction of sp³-hybridized carbons (Fsp3) is 0.769. The third kappa shape index (κ3) is 4.07. The van der Waals surface area contributed by atoms with Gasteiger partial charge in [0.25, 0.3) is 0 Å². The first-order chi connectivity index (χ1) is 9.97. The van der Waals surface area contributed by atoms with Crippen molar-refractivity contribution >= 4 is 12.0 Å². The third-order valence-corrected chi connectivity index (χ3v) is 3.75. The number of aliphatic hydroxyl groups excluding tert-OH is 1. The molecule has 2 rings (SSSR count). The summed E-state index contributed by atoms with van der Waals surface area (Å²) in [5, 5.41) is 19.3. The lowest BCUT2D eigenvalue weighted by atomic mass is 9.94. The van der Waals surface area contributed by atoms with Crippen molar-refractivity contribution in [1.29, 1.82) is 0 Å². The largest absolute Gasteiger partial charge is 0.393 e. The molecule has 2 heterocycles. The molecule has 2 amide bonds. The minimum atomic E-state index is -0.377. The first-order valence-corrected chi connectivity index (χ1v) is 7.27. The number of nitrogens with one attached hydrogen (secondary N) is 2. The van der Waals surface area contributed by atoms with Crippen molar-refractivity contribution in [2.24, 2.45) is 5.92 Å². The van der Waals surface area contributed by atoms with Gasteiger partial charge in [0.05, 0.1) is 12.6 Å². The van der Waals surface area contributed by atoms with Gasteiger partial charge in [0, 0.05) is 33.1 Å². The number of nitrogens with zero attached hydrogens (tertiary/aromatic N) is 4. The molecule has 1 aliphatic rings. The molecule has 0 bridgehead atoms. The fourth-order valence-electron chi connectivity index (χ4n) is 2.42. The van der Waals surface area contributed by atoms with Crippen LogP contribution in [0.4, 0.5) is 10.7 Å². The molecule has 0 aromatic carbocycles. The lowest BCUT2D eigenvalue weighted by Crippen LogP contribution is -2.47. The van der Waals surface area contributed by atoms with Gasteiger partial charge in [-0.1, -0.05) is 0 Å². The van der Waals surface area contributed by atoms with E-state index >= 15 is 0 Å². The number of carbonyl (C=O) groups is 1. The van der Waals surface area contributed by atoms with Gasteiger partial charge in [-0.3, -0.25) is 5.10 Å². The van der Waals surface area contributed by atoms with Gasteiger partial charge >= 0.3 is 6.03 Å². The van der Waals surface area contributed by atoms with Gasteiger partial charge in [0.2, 0.25) is 5.95 Å². The number of carbonyl (C=O) groups excluding carboxylic acids is 1. The van der Waals surface area contributed by atoms with Crippen LogP contribution in [0.5, 0.6) is 0 Å². The van der Waals surface area contributed by atoms with Crippen LogP contribution in [0.15, 0.2) is 0 Å². The Morgan fingerprint density at radius 1 is 1.62 bits per heavy atom. The molecule has 8 nitrogen and oxygen atoms in total. The third-order valence-electron chi connectivity index (χ3n) is 3.75. The van der Waals surface area contributed by atoms with E-state index in [-0.39, 0.29) is 18.1 Å². The topological polar surface area (TPSA) is 97.4 Å². The van der Waals surface area contributed by atoms with Crippen molar-refractivity contribution in [2.75, 3.05) is 32.1 Å². The average Bonchev–Trinajstić information content (AvgIpc) is 2.94. The van der Waals surface area contributed by atoms with Crippen LogP contribution < -0.4 is 10.2 Å². The van der Waals surface area contributed by atoms with Crippen molar-refractivity contribution in [3.8, 4) is 0 Å². The maximum atomic E-state index is 12.1. The van der Waals surface area contributed by atoms with Gasteiger partial charge in [-0.25, -0.2) is 4.79 Å². The Kier molecular flexibility index (Phi) is 5.00. The molecular formula is C13H24N6O2. The Morgan fingerprint density at radius 3 is 3.00 bits per heavy atom. The number of aliphatic hydroxyl groups is 1. The van der Waals surface area contributed by atoms with E-state index in [0.29, 0.717) is 24.9 Å². The molecule has 0 aliphatic carbocycles. The van der Waals surface area contributed by atoms with E-state index in [0.717, 1.165) is 19.4 Å². The summed E-state index contributed by atoms with van der Waals surface area (Å²) in [7, 11) is 3.71.